The van der Waals surface area contributed by atoms with Gasteiger partial charge in [-0.1, -0.05) is 152 Å². The van der Waals surface area contributed by atoms with Crippen LogP contribution in [0, 0.1) is 0 Å². The van der Waals surface area contributed by atoms with Crippen molar-refractivity contribution < 1.29 is 0 Å². The van der Waals surface area contributed by atoms with Crippen molar-refractivity contribution in [3.8, 4) is 22.5 Å². The van der Waals surface area contributed by atoms with Crippen molar-refractivity contribution >= 4 is 109 Å². The average Bonchev–Trinajstić information content (AvgIpc) is 4.10. The lowest BCUT2D eigenvalue weighted by Gasteiger charge is -2.26. The molecule has 5 heteroatoms. The van der Waals surface area contributed by atoms with E-state index in [1.54, 1.807) is 0 Å². The molecule has 0 radical (unpaired) electrons. The van der Waals surface area contributed by atoms with Crippen LogP contribution in [0.1, 0.15) is 0 Å². The molecule has 3 aromatic heterocycles. The summed E-state index contributed by atoms with van der Waals surface area (Å²) in [7, 11) is 0. The van der Waals surface area contributed by atoms with Crippen molar-refractivity contribution in [3.05, 3.63) is 267 Å². The fraction of sp³-hybridized carbons (Fsp3) is 0. The van der Waals surface area contributed by atoms with Gasteiger partial charge in [0.1, 0.15) is 0 Å². The van der Waals surface area contributed by atoms with Gasteiger partial charge in [-0.3, -0.25) is 0 Å². The number of thiophene rings is 1. The molecule has 0 atom stereocenters. The molecule has 0 aliphatic carbocycles. The second-order valence-electron chi connectivity index (χ2n) is 18.1. The molecule has 0 fully saturated rings. The monoisotopic (exact) mass is 924 g/mol. The lowest BCUT2D eigenvalue weighted by molar-refractivity contribution is 1.18. The van der Waals surface area contributed by atoms with E-state index in [2.05, 4.69) is 286 Å². The summed E-state index contributed by atoms with van der Waals surface area (Å²) >= 11 is 1.89. The largest absolute Gasteiger partial charge is 0.310 e. The number of para-hydroxylation sites is 5. The SMILES string of the molecule is c1ccc(N(c2ccc(-c3ccc(N(c4ccccc4)c4ccc5c6c7sc8ccccc8c7ccc6n(-c6ccccc6)c5c4)cc3)cc2)c2ccc3c4ccccc4n(-c4ccccc4)c3c2)cc1. The standard InChI is InChI=1S/C66H44N4S/c1-5-17-47(18-6-1)67(53-37-39-56-55-25-13-15-27-60(55)69(62(56)43-53)49-21-9-3-10-22-49)51-33-29-45(30-34-51)46-31-35-52(36-32-46)68(48-19-7-2-8-20-48)54-38-40-59-63(44-54)70(50-23-11-4-12-24-50)61-42-41-58-57-26-14-16-28-64(57)71-66(58)65(59)61/h1-44H. The molecule has 3 heterocycles. The highest BCUT2D eigenvalue weighted by molar-refractivity contribution is 7.26. The fourth-order valence-corrected chi connectivity index (χ4v) is 12.1. The Labute approximate surface area is 415 Å². The van der Waals surface area contributed by atoms with Crippen LogP contribution in [0.4, 0.5) is 34.1 Å². The van der Waals surface area contributed by atoms with Gasteiger partial charge in [0.2, 0.25) is 0 Å². The molecule has 334 valence electrons. The van der Waals surface area contributed by atoms with Crippen LogP contribution in [0.15, 0.2) is 267 Å². The van der Waals surface area contributed by atoms with Crippen LogP contribution in [0.25, 0.3) is 86.3 Å². The summed E-state index contributed by atoms with van der Waals surface area (Å²) in [6.45, 7) is 0. The first-order valence-corrected chi connectivity index (χ1v) is 25.0. The molecule has 0 aliphatic rings. The van der Waals surface area contributed by atoms with Crippen LogP contribution < -0.4 is 9.80 Å². The molecular formula is C66H44N4S. The predicted molar refractivity (Wildman–Crippen MR) is 303 cm³/mol. The van der Waals surface area contributed by atoms with Gasteiger partial charge in [0, 0.05) is 87.2 Å². The molecule has 0 bridgehead atoms. The normalized spacial score (nSPS) is 11.7. The Hall–Kier alpha value is -9.16. The second kappa shape index (κ2) is 16.8. The highest BCUT2D eigenvalue weighted by Crippen LogP contribution is 2.46. The minimum Gasteiger partial charge on any atom is -0.310 e. The zero-order valence-electron chi connectivity index (χ0n) is 38.6. The Morgan fingerprint density at radius 1 is 0.268 bits per heavy atom. The van der Waals surface area contributed by atoms with E-state index in [4.69, 9.17) is 0 Å². The number of hydrogen-bond donors (Lipinski definition) is 0. The van der Waals surface area contributed by atoms with E-state index in [0.717, 1.165) is 56.6 Å². The van der Waals surface area contributed by atoms with Crippen molar-refractivity contribution in [2.75, 3.05) is 9.80 Å². The van der Waals surface area contributed by atoms with E-state index in [1.807, 2.05) is 11.3 Å². The maximum Gasteiger partial charge on any atom is 0.0562 e. The Balaban J connectivity index is 0.847. The van der Waals surface area contributed by atoms with E-state index in [9.17, 15) is 0 Å². The third-order valence-electron chi connectivity index (χ3n) is 14.1. The Morgan fingerprint density at radius 2 is 0.676 bits per heavy atom. The summed E-state index contributed by atoms with van der Waals surface area (Å²) in [4.78, 5) is 4.73. The van der Waals surface area contributed by atoms with Gasteiger partial charge in [0.25, 0.3) is 0 Å². The van der Waals surface area contributed by atoms with Crippen LogP contribution in [0.2, 0.25) is 0 Å². The number of benzene rings is 11. The summed E-state index contributed by atoms with van der Waals surface area (Å²) < 4.78 is 7.47. The molecule has 11 aromatic carbocycles. The molecule has 14 rings (SSSR count). The van der Waals surface area contributed by atoms with E-state index < -0.39 is 0 Å². The van der Waals surface area contributed by atoms with Crippen LogP contribution in [-0.2, 0) is 0 Å². The highest BCUT2D eigenvalue weighted by atomic mass is 32.1. The lowest BCUT2D eigenvalue weighted by Crippen LogP contribution is -2.10. The smallest absolute Gasteiger partial charge is 0.0562 e. The van der Waals surface area contributed by atoms with Gasteiger partial charge >= 0.3 is 0 Å². The molecule has 0 saturated heterocycles. The van der Waals surface area contributed by atoms with Gasteiger partial charge in [-0.2, -0.15) is 0 Å². The lowest BCUT2D eigenvalue weighted by atomic mass is 10.0. The third-order valence-corrected chi connectivity index (χ3v) is 15.3. The van der Waals surface area contributed by atoms with Gasteiger partial charge in [-0.05, 0) is 126 Å². The third kappa shape index (κ3) is 6.81. The van der Waals surface area contributed by atoms with Crippen molar-refractivity contribution in [2.24, 2.45) is 0 Å². The molecule has 0 aliphatic heterocycles. The zero-order chi connectivity index (χ0) is 46.8. The number of aromatic nitrogens is 2. The zero-order valence-corrected chi connectivity index (χ0v) is 39.4. The number of anilines is 6. The molecule has 14 aromatic rings. The molecule has 0 spiro atoms. The quantitative estimate of drug-likeness (QED) is 0.143. The highest BCUT2D eigenvalue weighted by Gasteiger charge is 2.22. The van der Waals surface area contributed by atoms with Crippen LogP contribution in [0.5, 0.6) is 0 Å². The minimum absolute atomic E-state index is 1.09. The molecule has 0 unspecified atom stereocenters. The van der Waals surface area contributed by atoms with Gasteiger partial charge in [-0.15, -0.1) is 11.3 Å². The van der Waals surface area contributed by atoms with E-state index in [0.29, 0.717) is 0 Å². The molecule has 0 N–H and O–H groups in total. The first-order chi connectivity index (χ1) is 35.2. The first-order valence-electron chi connectivity index (χ1n) is 24.2. The minimum atomic E-state index is 1.09. The Morgan fingerprint density at radius 3 is 1.25 bits per heavy atom. The summed E-state index contributed by atoms with van der Waals surface area (Å²) in [5.74, 6) is 0. The van der Waals surface area contributed by atoms with Crippen molar-refractivity contribution in [1.82, 2.24) is 9.13 Å². The molecular weight excluding hydrogens is 881 g/mol. The van der Waals surface area contributed by atoms with Crippen molar-refractivity contribution in [2.45, 2.75) is 0 Å². The second-order valence-corrected chi connectivity index (χ2v) is 19.2. The molecule has 71 heavy (non-hydrogen) atoms. The van der Waals surface area contributed by atoms with Crippen molar-refractivity contribution in [1.29, 1.82) is 0 Å². The summed E-state index contributed by atoms with van der Waals surface area (Å²) in [6.07, 6.45) is 0. The van der Waals surface area contributed by atoms with Gasteiger partial charge in [0.05, 0.1) is 22.1 Å². The number of nitrogens with zero attached hydrogens (tertiary/aromatic N) is 4. The van der Waals surface area contributed by atoms with Crippen LogP contribution in [0.3, 0.4) is 0 Å². The fourth-order valence-electron chi connectivity index (χ4n) is 10.9. The van der Waals surface area contributed by atoms with Gasteiger partial charge in [0.15, 0.2) is 0 Å². The maximum atomic E-state index is 2.44. The van der Waals surface area contributed by atoms with Crippen LogP contribution in [-0.4, -0.2) is 9.13 Å². The van der Waals surface area contributed by atoms with Crippen LogP contribution >= 0.6 is 11.3 Å². The topological polar surface area (TPSA) is 16.3 Å². The summed E-state index contributed by atoms with van der Waals surface area (Å²) in [5.41, 5.74) is 15.9. The van der Waals surface area contributed by atoms with Gasteiger partial charge in [-0.25, -0.2) is 0 Å². The molecule has 0 saturated carbocycles. The van der Waals surface area contributed by atoms with E-state index in [1.165, 1.54) is 63.8 Å². The first kappa shape index (κ1) is 40.9. The molecule has 4 nitrogen and oxygen atoms in total. The molecule has 0 amide bonds. The van der Waals surface area contributed by atoms with Gasteiger partial charge < -0.3 is 18.9 Å². The Kier molecular flexibility index (Phi) is 9.68. The summed E-state index contributed by atoms with van der Waals surface area (Å²) in [6, 6.07) is 96.8. The predicted octanol–water partition coefficient (Wildman–Crippen LogP) is 18.9. The maximum absolute atomic E-state index is 2.44. The average molecular weight is 925 g/mol. The number of fused-ring (bicyclic) bond motifs is 10. The van der Waals surface area contributed by atoms with E-state index >= 15 is 0 Å². The summed E-state index contributed by atoms with van der Waals surface area (Å²) in [5, 5.41) is 7.65. The van der Waals surface area contributed by atoms with Crippen molar-refractivity contribution in [3.63, 3.8) is 0 Å². The number of rotatable bonds is 9. The Bertz CT molecular complexity index is 4250. The number of hydrogen-bond acceptors (Lipinski definition) is 3. The van der Waals surface area contributed by atoms with E-state index in [-0.39, 0.29) is 0 Å².